The summed E-state index contributed by atoms with van der Waals surface area (Å²) in [7, 11) is -3.10. The maximum Gasteiger partial charge on any atom is 0.319 e. The Morgan fingerprint density at radius 2 is 1.43 bits per heavy atom. The summed E-state index contributed by atoms with van der Waals surface area (Å²) in [6.07, 6.45) is 18.6. The third-order valence-corrected chi connectivity index (χ3v) is 10.1. The number of aliphatic hydroxyl groups excluding tert-OH is 2. The lowest BCUT2D eigenvalue weighted by Gasteiger charge is -2.24. The van der Waals surface area contributed by atoms with Crippen molar-refractivity contribution in [2.45, 2.75) is 141 Å². The van der Waals surface area contributed by atoms with Crippen LogP contribution in [-0.4, -0.2) is 69.6 Å². The molecule has 3 rings (SSSR count). The van der Waals surface area contributed by atoms with Crippen molar-refractivity contribution < 1.29 is 38.0 Å². The number of aromatic nitrogens is 3. The summed E-state index contributed by atoms with van der Waals surface area (Å²) in [6, 6.07) is 12.8. The van der Waals surface area contributed by atoms with Crippen LogP contribution in [0, 0.1) is 11.5 Å². The summed E-state index contributed by atoms with van der Waals surface area (Å²) in [5.74, 6) is 0.188. The largest absolute Gasteiger partial charge is 0.419 e. The van der Waals surface area contributed by atoms with Crippen molar-refractivity contribution in [3.05, 3.63) is 60.0 Å². The van der Waals surface area contributed by atoms with E-state index in [-0.39, 0.29) is 24.7 Å². The standard InChI is InChI=1S/C39H62N5O8P/c1-2-3-4-5-6-7-8-9-10-11-12-13-14-15-16-20-25-48-27-33(49-26-32-21-18-17-19-22-32)28-51-53(47)52-29-36(50-30-40)38(46)37(45)34-23-24-35-39(41)42-31-43-44(34)35/h17-19,21-24,31,33,36-38,45-46,53H,2-16,20,25-29H2,1H3,(H2,41,42,43)/t33-,36-,37+,38-/m1/s1. The van der Waals surface area contributed by atoms with Crippen molar-refractivity contribution in [3.8, 4) is 6.26 Å². The van der Waals surface area contributed by atoms with Crippen LogP contribution < -0.4 is 5.73 Å². The van der Waals surface area contributed by atoms with Crippen LogP contribution in [0.15, 0.2) is 48.8 Å². The van der Waals surface area contributed by atoms with Crippen molar-refractivity contribution in [2.24, 2.45) is 0 Å². The highest BCUT2D eigenvalue weighted by Gasteiger charge is 2.32. The van der Waals surface area contributed by atoms with Gasteiger partial charge in [-0.05, 0) is 24.1 Å². The maximum atomic E-state index is 12.7. The van der Waals surface area contributed by atoms with E-state index in [9.17, 15) is 14.8 Å². The number of hydrogen-bond acceptors (Lipinski definition) is 12. The van der Waals surface area contributed by atoms with Crippen LogP contribution in [0.25, 0.3) is 5.52 Å². The van der Waals surface area contributed by atoms with E-state index in [1.165, 1.54) is 113 Å². The van der Waals surface area contributed by atoms with Gasteiger partial charge in [-0.25, -0.2) is 9.50 Å². The number of fused-ring (bicyclic) bond motifs is 1. The van der Waals surface area contributed by atoms with Crippen LogP contribution in [0.3, 0.4) is 0 Å². The van der Waals surface area contributed by atoms with Crippen LogP contribution in [-0.2, 0) is 34.4 Å². The van der Waals surface area contributed by atoms with Gasteiger partial charge >= 0.3 is 8.25 Å². The third kappa shape index (κ3) is 17.7. The average Bonchev–Trinajstić information content (AvgIpc) is 3.62. The highest BCUT2D eigenvalue weighted by Crippen LogP contribution is 2.28. The van der Waals surface area contributed by atoms with E-state index >= 15 is 0 Å². The lowest BCUT2D eigenvalue weighted by molar-refractivity contribution is -0.0783. The lowest BCUT2D eigenvalue weighted by Crippen LogP contribution is -2.37. The molecule has 2 aromatic heterocycles. The van der Waals surface area contributed by atoms with Gasteiger partial charge in [0.05, 0.1) is 32.1 Å². The molecule has 0 amide bonds. The van der Waals surface area contributed by atoms with E-state index in [0.29, 0.717) is 18.7 Å². The Morgan fingerprint density at radius 3 is 2.06 bits per heavy atom. The molecule has 0 aliphatic heterocycles. The van der Waals surface area contributed by atoms with Gasteiger partial charge < -0.3 is 39.2 Å². The summed E-state index contributed by atoms with van der Waals surface area (Å²) < 4.78 is 41.8. The summed E-state index contributed by atoms with van der Waals surface area (Å²) in [4.78, 5) is 3.90. The fraction of sp³-hybridized carbons (Fsp3) is 0.667. The molecule has 0 saturated heterocycles. The fourth-order valence-corrected chi connectivity index (χ4v) is 6.80. The molecule has 5 atom stereocenters. The molecule has 53 heavy (non-hydrogen) atoms. The van der Waals surface area contributed by atoms with Crippen LogP contribution in [0.4, 0.5) is 5.82 Å². The van der Waals surface area contributed by atoms with E-state index in [1.807, 2.05) is 30.3 Å². The Balaban J connectivity index is 1.32. The number of hydrogen-bond donors (Lipinski definition) is 3. The van der Waals surface area contributed by atoms with Gasteiger partial charge in [0, 0.05) is 6.61 Å². The molecule has 13 nitrogen and oxygen atoms in total. The van der Waals surface area contributed by atoms with E-state index in [0.717, 1.165) is 18.4 Å². The van der Waals surface area contributed by atoms with E-state index in [1.54, 1.807) is 6.07 Å². The predicted octanol–water partition coefficient (Wildman–Crippen LogP) is 7.86. The Bertz CT molecular complexity index is 1440. The van der Waals surface area contributed by atoms with Crippen LogP contribution in [0.5, 0.6) is 0 Å². The highest BCUT2D eigenvalue weighted by molar-refractivity contribution is 7.33. The first-order valence-electron chi connectivity index (χ1n) is 19.5. The first-order chi connectivity index (χ1) is 25.9. The number of anilines is 1. The van der Waals surface area contributed by atoms with Gasteiger partial charge in [0.25, 0.3) is 6.26 Å². The molecule has 0 radical (unpaired) electrons. The second kappa shape index (κ2) is 27.5. The Labute approximate surface area is 316 Å². The van der Waals surface area contributed by atoms with Crippen molar-refractivity contribution in [1.29, 1.82) is 5.26 Å². The van der Waals surface area contributed by atoms with Crippen molar-refractivity contribution in [2.75, 3.05) is 32.2 Å². The Hall–Kier alpha value is -3.08. The van der Waals surface area contributed by atoms with Gasteiger partial charge in [-0.3, -0.25) is 4.57 Å². The zero-order valence-corrected chi connectivity index (χ0v) is 32.5. The number of aliphatic hydroxyl groups is 2. The first kappa shape index (κ1) is 44.3. The third-order valence-electron chi connectivity index (χ3n) is 9.25. The van der Waals surface area contributed by atoms with Gasteiger partial charge in [0.15, 0.2) is 11.9 Å². The second-order valence-corrected chi connectivity index (χ2v) is 14.6. The quantitative estimate of drug-likeness (QED) is 0.0319. The van der Waals surface area contributed by atoms with Gasteiger partial charge in [-0.2, -0.15) is 10.4 Å². The molecule has 1 aromatic carbocycles. The molecule has 2 heterocycles. The number of nitrogens with zero attached hydrogens (tertiary/aromatic N) is 4. The topological polar surface area (TPSA) is 184 Å². The van der Waals surface area contributed by atoms with Gasteiger partial charge in [-0.1, -0.05) is 134 Å². The first-order valence-corrected chi connectivity index (χ1v) is 20.7. The second-order valence-electron chi connectivity index (χ2n) is 13.6. The minimum absolute atomic E-state index is 0.0597. The zero-order chi connectivity index (χ0) is 37.9. The zero-order valence-electron chi connectivity index (χ0n) is 31.5. The number of ether oxygens (including phenoxy) is 3. The summed E-state index contributed by atoms with van der Waals surface area (Å²) in [5.41, 5.74) is 7.46. The van der Waals surface area contributed by atoms with Crippen molar-refractivity contribution >= 4 is 19.6 Å². The molecule has 1 unspecified atom stereocenters. The Morgan fingerprint density at radius 1 is 0.830 bits per heavy atom. The molecule has 0 fully saturated rings. The number of rotatable bonds is 32. The van der Waals surface area contributed by atoms with Crippen LogP contribution in [0.1, 0.15) is 127 Å². The van der Waals surface area contributed by atoms with Gasteiger partial charge in [0.2, 0.25) is 0 Å². The Kier molecular flexibility index (Phi) is 23.0. The minimum Gasteiger partial charge on any atom is -0.419 e. The van der Waals surface area contributed by atoms with Crippen molar-refractivity contribution in [1.82, 2.24) is 14.6 Å². The molecule has 4 N–H and O–H groups in total. The summed E-state index contributed by atoms with van der Waals surface area (Å²) in [5, 5.41) is 34.9. The predicted molar refractivity (Wildman–Crippen MR) is 205 cm³/mol. The highest BCUT2D eigenvalue weighted by atomic mass is 31.1. The number of nitriles is 1. The molecular formula is C39H62N5O8P. The van der Waals surface area contributed by atoms with Crippen LogP contribution >= 0.6 is 8.25 Å². The molecule has 3 aromatic rings. The molecule has 0 spiro atoms. The molecule has 0 aliphatic carbocycles. The normalized spacial score (nSPS) is 14.5. The summed E-state index contributed by atoms with van der Waals surface area (Å²) >= 11 is 0. The minimum atomic E-state index is -3.10. The monoisotopic (exact) mass is 759 g/mol. The molecular weight excluding hydrogens is 697 g/mol. The van der Waals surface area contributed by atoms with E-state index < -0.39 is 39.3 Å². The molecule has 0 bridgehead atoms. The number of unbranched alkanes of at least 4 members (excludes halogenated alkanes) is 15. The van der Waals surface area contributed by atoms with Gasteiger partial charge in [-0.15, -0.1) is 0 Å². The lowest BCUT2D eigenvalue weighted by atomic mass is 10.0. The molecule has 0 saturated carbocycles. The van der Waals surface area contributed by atoms with E-state index in [4.69, 9.17) is 34.3 Å². The maximum absolute atomic E-state index is 12.7. The number of benzene rings is 1. The van der Waals surface area contributed by atoms with Crippen LogP contribution in [0.2, 0.25) is 0 Å². The SMILES string of the molecule is CCCCCCCCCCCCCCCCCCOC[C@H](CO[PH](=O)OC[C@@H](OC#N)[C@@H](O)[C@@H](O)c1ccc2c(N)ncnn12)OCc1ccccc1. The fourth-order valence-electron chi connectivity index (χ4n) is 6.10. The molecule has 296 valence electrons. The molecule has 0 aliphatic rings. The molecule has 14 heteroatoms. The number of nitrogens with two attached hydrogens (primary N) is 1. The average molecular weight is 760 g/mol. The van der Waals surface area contributed by atoms with E-state index in [2.05, 4.69) is 17.0 Å². The van der Waals surface area contributed by atoms with Gasteiger partial charge in [0.1, 0.15) is 30.2 Å². The number of nitrogen functional groups attached to an aromatic ring is 1. The summed E-state index contributed by atoms with van der Waals surface area (Å²) in [6.45, 7) is 2.89. The smallest absolute Gasteiger partial charge is 0.319 e. The van der Waals surface area contributed by atoms with Crippen molar-refractivity contribution in [3.63, 3.8) is 0 Å².